The lowest BCUT2D eigenvalue weighted by molar-refractivity contribution is 0.0632. The zero-order chi connectivity index (χ0) is 13.9. The van der Waals surface area contributed by atoms with Gasteiger partial charge in [-0.25, -0.2) is 0 Å². The van der Waals surface area contributed by atoms with Crippen LogP contribution < -0.4 is 10.1 Å². The first kappa shape index (κ1) is 14.4. The Kier molecular flexibility index (Phi) is 4.51. The van der Waals surface area contributed by atoms with Gasteiger partial charge in [0, 0.05) is 24.1 Å². The normalized spacial score (nSPS) is 22.4. The quantitative estimate of drug-likeness (QED) is 0.845. The molecule has 2 nitrogen and oxygen atoms in total. The molecule has 0 spiro atoms. The molecule has 0 saturated heterocycles. The van der Waals surface area contributed by atoms with Crippen molar-refractivity contribution in [3.05, 3.63) is 29.8 Å². The Morgan fingerprint density at radius 3 is 2.74 bits per heavy atom. The molecule has 0 amide bonds. The minimum atomic E-state index is -0.0868. The number of nitrogens with one attached hydrogen (secondary N) is 1. The summed E-state index contributed by atoms with van der Waals surface area (Å²) in [6.07, 6.45) is 4.70. The molecule has 1 N–H and O–H groups in total. The van der Waals surface area contributed by atoms with E-state index in [2.05, 4.69) is 57.3 Å². The minimum absolute atomic E-state index is 0.0868. The molecular weight excluding hydrogens is 234 g/mol. The minimum Gasteiger partial charge on any atom is -0.487 e. The summed E-state index contributed by atoms with van der Waals surface area (Å²) < 4.78 is 6.08. The van der Waals surface area contributed by atoms with E-state index in [0.29, 0.717) is 12.1 Å². The van der Waals surface area contributed by atoms with Crippen LogP contribution in [0.2, 0.25) is 0 Å². The lowest BCUT2D eigenvalue weighted by atomic mass is 9.89. The van der Waals surface area contributed by atoms with Crippen molar-refractivity contribution in [1.82, 2.24) is 5.32 Å². The summed E-state index contributed by atoms with van der Waals surface area (Å²) in [4.78, 5) is 0. The third-order valence-electron chi connectivity index (χ3n) is 3.94. The molecule has 0 bridgehead atoms. The average molecular weight is 261 g/mol. The Hall–Kier alpha value is -1.02. The van der Waals surface area contributed by atoms with E-state index in [4.69, 9.17) is 4.74 Å². The molecule has 2 heteroatoms. The highest BCUT2D eigenvalue weighted by Gasteiger charge is 2.33. The van der Waals surface area contributed by atoms with Crippen molar-refractivity contribution in [2.24, 2.45) is 0 Å². The number of fused-ring (bicyclic) bond motifs is 1. The first-order valence-electron chi connectivity index (χ1n) is 7.59. The van der Waals surface area contributed by atoms with Gasteiger partial charge in [-0.15, -0.1) is 0 Å². The molecule has 2 rings (SSSR count). The molecule has 1 aliphatic heterocycles. The van der Waals surface area contributed by atoms with E-state index in [1.165, 1.54) is 24.8 Å². The second kappa shape index (κ2) is 5.96. The summed E-state index contributed by atoms with van der Waals surface area (Å²) in [6.45, 7) is 8.88. The third kappa shape index (κ3) is 3.50. The van der Waals surface area contributed by atoms with Crippen molar-refractivity contribution >= 4 is 0 Å². The Balaban J connectivity index is 2.19. The molecule has 0 aliphatic carbocycles. The zero-order valence-corrected chi connectivity index (χ0v) is 12.7. The Labute approximate surface area is 117 Å². The maximum atomic E-state index is 6.08. The van der Waals surface area contributed by atoms with Crippen molar-refractivity contribution in [2.75, 3.05) is 0 Å². The summed E-state index contributed by atoms with van der Waals surface area (Å²) >= 11 is 0. The second-order valence-electron chi connectivity index (χ2n) is 6.22. The fraction of sp³-hybridized carbons (Fsp3) is 0.647. The van der Waals surface area contributed by atoms with E-state index in [1.807, 2.05) is 0 Å². The molecule has 2 atom stereocenters. The van der Waals surface area contributed by atoms with Gasteiger partial charge in [-0.2, -0.15) is 0 Å². The molecule has 0 fully saturated rings. The number of benzene rings is 1. The van der Waals surface area contributed by atoms with Gasteiger partial charge in [0.05, 0.1) is 0 Å². The predicted molar refractivity (Wildman–Crippen MR) is 80.6 cm³/mol. The lowest BCUT2D eigenvalue weighted by Crippen LogP contribution is -2.42. The monoisotopic (exact) mass is 261 g/mol. The molecule has 1 aromatic carbocycles. The van der Waals surface area contributed by atoms with Crippen LogP contribution in [0.5, 0.6) is 5.75 Å². The van der Waals surface area contributed by atoms with Crippen LogP contribution in [0.15, 0.2) is 24.3 Å². The van der Waals surface area contributed by atoms with Crippen molar-refractivity contribution in [3.8, 4) is 5.75 Å². The molecule has 0 saturated carbocycles. The molecule has 106 valence electrons. The van der Waals surface area contributed by atoms with Crippen molar-refractivity contribution in [1.29, 1.82) is 0 Å². The predicted octanol–water partition coefficient (Wildman–Crippen LogP) is 4.46. The summed E-state index contributed by atoms with van der Waals surface area (Å²) in [5, 5.41) is 3.84. The van der Waals surface area contributed by atoms with Gasteiger partial charge in [0.1, 0.15) is 11.4 Å². The molecule has 2 unspecified atom stereocenters. The third-order valence-corrected chi connectivity index (χ3v) is 3.94. The van der Waals surface area contributed by atoms with Gasteiger partial charge in [0.15, 0.2) is 0 Å². The first-order chi connectivity index (χ1) is 9.05. The molecule has 1 aliphatic rings. The van der Waals surface area contributed by atoms with Crippen LogP contribution in [0.4, 0.5) is 0 Å². The molecule has 19 heavy (non-hydrogen) atoms. The SMILES string of the molecule is CCCC(CC)NC1CC(C)(C)Oc2ccccc21. The van der Waals surface area contributed by atoms with E-state index in [0.717, 1.165) is 12.2 Å². The number of ether oxygens (including phenoxy) is 1. The van der Waals surface area contributed by atoms with Gasteiger partial charge < -0.3 is 10.1 Å². The van der Waals surface area contributed by atoms with Crippen LogP contribution >= 0.6 is 0 Å². The summed E-state index contributed by atoms with van der Waals surface area (Å²) in [7, 11) is 0. The topological polar surface area (TPSA) is 21.3 Å². The zero-order valence-electron chi connectivity index (χ0n) is 12.7. The maximum Gasteiger partial charge on any atom is 0.124 e. The molecule has 1 aromatic rings. The Morgan fingerprint density at radius 2 is 2.05 bits per heavy atom. The fourth-order valence-corrected chi connectivity index (χ4v) is 2.99. The van der Waals surface area contributed by atoms with Crippen LogP contribution in [0.1, 0.15) is 65.0 Å². The van der Waals surface area contributed by atoms with Gasteiger partial charge in [-0.3, -0.25) is 0 Å². The van der Waals surface area contributed by atoms with Crippen molar-refractivity contribution in [3.63, 3.8) is 0 Å². The Morgan fingerprint density at radius 1 is 1.32 bits per heavy atom. The maximum absolute atomic E-state index is 6.08. The smallest absolute Gasteiger partial charge is 0.124 e. The highest BCUT2D eigenvalue weighted by molar-refractivity contribution is 5.38. The van der Waals surface area contributed by atoms with Gasteiger partial charge in [-0.1, -0.05) is 38.5 Å². The van der Waals surface area contributed by atoms with E-state index in [-0.39, 0.29) is 5.60 Å². The van der Waals surface area contributed by atoms with E-state index >= 15 is 0 Å². The first-order valence-corrected chi connectivity index (χ1v) is 7.59. The van der Waals surface area contributed by atoms with Crippen LogP contribution in [-0.2, 0) is 0 Å². The number of para-hydroxylation sites is 1. The molecule has 0 aromatic heterocycles. The van der Waals surface area contributed by atoms with Crippen LogP contribution in [0.25, 0.3) is 0 Å². The number of hydrogen-bond donors (Lipinski definition) is 1. The van der Waals surface area contributed by atoms with Crippen molar-refractivity contribution < 1.29 is 4.74 Å². The van der Waals surface area contributed by atoms with Crippen LogP contribution in [0.3, 0.4) is 0 Å². The highest BCUT2D eigenvalue weighted by atomic mass is 16.5. The Bertz CT molecular complexity index is 413. The average Bonchev–Trinajstić information content (AvgIpc) is 2.36. The van der Waals surface area contributed by atoms with Crippen LogP contribution in [0, 0.1) is 0 Å². The summed E-state index contributed by atoms with van der Waals surface area (Å²) in [5.74, 6) is 1.04. The summed E-state index contributed by atoms with van der Waals surface area (Å²) in [6, 6.07) is 9.47. The molecular formula is C17H27NO. The summed E-state index contributed by atoms with van der Waals surface area (Å²) in [5.41, 5.74) is 1.23. The standard InChI is InChI=1S/C17H27NO/c1-5-9-13(6-2)18-15-12-17(3,4)19-16-11-8-7-10-14(15)16/h7-8,10-11,13,15,18H,5-6,9,12H2,1-4H3. The van der Waals surface area contributed by atoms with E-state index < -0.39 is 0 Å². The van der Waals surface area contributed by atoms with E-state index in [9.17, 15) is 0 Å². The molecule has 0 radical (unpaired) electrons. The number of rotatable bonds is 5. The van der Waals surface area contributed by atoms with Crippen molar-refractivity contribution in [2.45, 2.75) is 71.1 Å². The van der Waals surface area contributed by atoms with Gasteiger partial charge in [0.25, 0.3) is 0 Å². The van der Waals surface area contributed by atoms with Crippen LogP contribution in [-0.4, -0.2) is 11.6 Å². The van der Waals surface area contributed by atoms with Gasteiger partial charge >= 0.3 is 0 Å². The lowest BCUT2D eigenvalue weighted by Gasteiger charge is -2.39. The highest BCUT2D eigenvalue weighted by Crippen LogP contribution is 2.39. The van der Waals surface area contributed by atoms with Gasteiger partial charge in [-0.05, 0) is 32.8 Å². The second-order valence-corrected chi connectivity index (χ2v) is 6.22. The number of hydrogen-bond acceptors (Lipinski definition) is 2. The van der Waals surface area contributed by atoms with E-state index in [1.54, 1.807) is 0 Å². The fourth-order valence-electron chi connectivity index (χ4n) is 2.99. The molecule has 1 heterocycles. The van der Waals surface area contributed by atoms with Gasteiger partial charge in [0.2, 0.25) is 0 Å². The largest absolute Gasteiger partial charge is 0.487 e.